The van der Waals surface area contributed by atoms with Gasteiger partial charge in [0.25, 0.3) is 0 Å². The second-order valence-electron chi connectivity index (χ2n) is 6.53. The Kier molecular flexibility index (Phi) is 16.3. The number of carbonyl (C=O) groups excluding carboxylic acids is 2. The average molecular weight is 425 g/mol. The molecule has 10 heteroatoms. The number of hydrogen-bond donors (Lipinski definition) is 2. The van der Waals surface area contributed by atoms with Crippen LogP contribution in [0, 0.1) is 0 Å². The van der Waals surface area contributed by atoms with Crippen LogP contribution >= 0.6 is 7.82 Å². The predicted octanol–water partition coefficient (Wildman–Crippen LogP) is 3.08. The number of ether oxygens (including phenoxy) is 2. The monoisotopic (exact) mass is 425 g/mol. The summed E-state index contributed by atoms with van der Waals surface area (Å²) in [6.07, 6.45) is 8.05. The van der Waals surface area contributed by atoms with Gasteiger partial charge >= 0.3 is 19.8 Å². The lowest BCUT2D eigenvalue weighted by molar-refractivity contribution is -0.160. The molecular weight excluding hydrogens is 389 g/mol. The SMILES string of the molecule is CCCCCCCCCCC(=O)O[C@H](COC(C)=O)COP(=O)(O)OCCN. The second kappa shape index (κ2) is 16.9. The van der Waals surface area contributed by atoms with Crippen LogP contribution < -0.4 is 5.73 Å². The molecule has 0 aromatic rings. The molecule has 0 rings (SSSR count). The Hall–Kier alpha value is -0.990. The average Bonchev–Trinajstić information content (AvgIpc) is 2.64. The Balaban J connectivity index is 4.18. The van der Waals surface area contributed by atoms with Gasteiger partial charge in [-0.25, -0.2) is 4.57 Å². The molecule has 1 unspecified atom stereocenters. The van der Waals surface area contributed by atoms with Crippen molar-refractivity contribution in [2.45, 2.75) is 77.7 Å². The lowest BCUT2D eigenvalue weighted by Gasteiger charge is -2.19. The molecule has 0 radical (unpaired) electrons. The van der Waals surface area contributed by atoms with E-state index in [4.69, 9.17) is 19.7 Å². The number of unbranched alkanes of at least 4 members (excludes halogenated alkanes) is 7. The smallest absolute Gasteiger partial charge is 0.462 e. The minimum absolute atomic E-state index is 0.0539. The Bertz CT molecular complexity index is 475. The Labute approximate surface area is 167 Å². The summed E-state index contributed by atoms with van der Waals surface area (Å²) in [6.45, 7) is 2.59. The van der Waals surface area contributed by atoms with Crippen LogP contribution in [0.2, 0.25) is 0 Å². The van der Waals surface area contributed by atoms with Crippen LogP contribution in [0.3, 0.4) is 0 Å². The van der Waals surface area contributed by atoms with E-state index in [9.17, 15) is 19.0 Å². The number of phosphoric ester groups is 1. The fourth-order valence-electron chi connectivity index (χ4n) is 2.36. The number of hydrogen-bond acceptors (Lipinski definition) is 8. The molecule has 0 aromatic heterocycles. The second-order valence-corrected chi connectivity index (χ2v) is 7.98. The van der Waals surface area contributed by atoms with E-state index < -0.39 is 32.5 Å². The van der Waals surface area contributed by atoms with E-state index in [0.29, 0.717) is 6.42 Å². The Morgan fingerprint density at radius 3 is 2.18 bits per heavy atom. The van der Waals surface area contributed by atoms with Gasteiger partial charge in [0.05, 0.1) is 13.2 Å². The van der Waals surface area contributed by atoms with Crippen molar-refractivity contribution in [3.8, 4) is 0 Å². The third-order valence-corrected chi connectivity index (χ3v) is 4.79. The zero-order valence-corrected chi connectivity index (χ0v) is 18.0. The standard InChI is InChI=1S/C18H36NO8P/c1-3-4-5-6-7-8-9-10-11-18(21)27-17(14-24-16(2)20)15-26-28(22,23)25-13-12-19/h17H,3-15,19H2,1-2H3,(H,22,23)/t17-/m1/s1. The molecule has 0 saturated heterocycles. The molecule has 0 aliphatic heterocycles. The van der Waals surface area contributed by atoms with E-state index in [1.54, 1.807) is 0 Å². The minimum Gasteiger partial charge on any atom is -0.462 e. The maximum atomic E-state index is 12.0. The van der Waals surface area contributed by atoms with Crippen LogP contribution in [0.25, 0.3) is 0 Å². The van der Waals surface area contributed by atoms with Crippen LogP contribution in [0.1, 0.15) is 71.6 Å². The Morgan fingerprint density at radius 1 is 1.00 bits per heavy atom. The molecule has 28 heavy (non-hydrogen) atoms. The third-order valence-electron chi connectivity index (χ3n) is 3.80. The van der Waals surface area contributed by atoms with Gasteiger partial charge in [-0.05, 0) is 6.42 Å². The first-order valence-corrected chi connectivity index (χ1v) is 11.4. The summed E-state index contributed by atoms with van der Waals surface area (Å²) in [6, 6.07) is 0. The largest absolute Gasteiger partial charge is 0.472 e. The van der Waals surface area contributed by atoms with Crippen LogP contribution in [-0.2, 0) is 32.7 Å². The topological polar surface area (TPSA) is 134 Å². The van der Waals surface area contributed by atoms with E-state index >= 15 is 0 Å². The highest BCUT2D eigenvalue weighted by Gasteiger charge is 2.25. The molecule has 0 amide bonds. The Morgan fingerprint density at radius 2 is 1.61 bits per heavy atom. The molecule has 166 valence electrons. The van der Waals surface area contributed by atoms with Gasteiger partial charge in [0, 0.05) is 19.9 Å². The van der Waals surface area contributed by atoms with Gasteiger partial charge in [0.15, 0.2) is 6.10 Å². The van der Waals surface area contributed by atoms with Crippen LogP contribution in [-0.4, -0.2) is 49.3 Å². The van der Waals surface area contributed by atoms with Gasteiger partial charge in [-0.2, -0.15) is 0 Å². The van der Waals surface area contributed by atoms with Gasteiger partial charge in [-0.3, -0.25) is 18.6 Å². The van der Waals surface area contributed by atoms with Gasteiger partial charge in [0.1, 0.15) is 6.61 Å². The molecule has 3 N–H and O–H groups in total. The molecule has 0 fully saturated rings. The zero-order chi connectivity index (χ0) is 21.3. The molecule has 0 saturated carbocycles. The van der Waals surface area contributed by atoms with E-state index in [-0.39, 0.29) is 26.2 Å². The van der Waals surface area contributed by atoms with E-state index in [1.165, 1.54) is 32.6 Å². The summed E-state index contributed by atoms with van der Waals surface area (Å²) in [7, 11) is -4.31. The fourth-order valence-corrected chi connectivity index (χ4v) is 3.12. The van der Waals surface area contributed by atoms with E-state index in [2.05, 4.69) is 11.4 Å². The number of rotatable bonds is 18. The molecule has 0 aromatic carbocycles. The lowest BCUT2D eigenvalue weighted by Crippen LogP contribution is -2.29. The number of esters is 2. The predicted molar refractivity (Wildman–Crippen MR) is 105 cm³/mol. The van der Waals surface area contributed by atoms with Crippen LogP contribution in [0.15, 0.2) is 0 Å². The van der Waals surface area contributed by atoms with Crippen molar-refractivity contribution in [3.63, 3.8) is 0 Å². The number of carbonyl (C=O) groups is 2. The molecule has 0 aliphatic carbocycles. The number of phosphoric acid groups is 1. The first-order valence-electron chi connectivity index (χ1n) is 9.95. The van der Waals surface area contributed by atoms with Gasteiger partial charge < -0.3 is 20.1 Å². The fraction of sp³-hybridized carbons (Fsp3) is 0.889. The summed E-state index contributed by atoms with van der Waals surface area (Å²) in [5.74, 6) is -1.03. The van der Waals surface area contributed by atoms with Crippen molar-refractivity contribution < 1.29 is 37.6 Å². The van der Waals surface area contributed by atoms with Crippen LogP contribution in [0.5, 0.6) is 0 Å². The molecule has 2 atom stereocenters. The van der Waals surface area contributed by atoms with Gasteiger partial charge in [-0.15, -0.1) is 0 Å². The highest BCUT2D eigenvalue weighted by Crippen LogP contribution is 2.43. The normalized spacial score (nSPS) is 14.3. The third kappa shape index (κ3) is 17.1. The van der Waals surface area contributed by atoms with Crippen molar-refractivity contribution in [1.82, 2.24) is 0 Å². The van der Waals surface area contributed by atoms with Gasteiger partial charge in [0.2, 0.25) is 0 Å². The quantitative estimate of drug-likeness (QED) is 0.193. The lowest BCUT2D eigenvalue weighted by atomic mass is 10.1. The van der Waals surface area contributed by atoms with Crippen molar-refractivity contribution in [2.24, 2.45) is 5.73 Å². The van der Waals surface area contributed by atoms with Crippen LogP contribution in [0.4, 0.5) is 0 Å². The summed E-state index contributed by atoms with van der Waals surface area (Å²) < 4.78 is 31.0. The summed E-state index contributed by atoms with van der Waals surface area (Å²) in [5.41, 5.74) is 5.20. The highest BCUT2D eigenvalue weighted by molar-refractivity contribution is 7.47. The molecule has 0 spiro atoms. The summed E-state index contributed by atoms with van der Waals surface area (Å²) in [5, 5.41) is 0. The maximum absolute atomic E-state index is 12.0. The van der Waals surface area contributed by atoms with E-state index in [1.807, 2.05) is 0 Å². The maximum Gasteiger partial charge on any atom is 0.472 e. The van der Waals surface area contributed by atoms with Crippen molar-refractivity contribution in [1.29, 1.82) is 0 Å². The first-order chi connectivity index (χ1) is 13.3. The highest BCUT2D eigenvalue weighted by atomic mass is 31.2. The number of nitrogens with two attached hydrogens (primary N) is 1. The van der Waals surface area contributed by atoms with Crippen molar-refractivity contribution in [2.75, 3.05) is 26.4 Å². The van der Waals surface area contributed by atoms with Gasteiger partial charge in [-0.1, -0.05) is 51.9 Å². The molecular formula is C18H36NO8P. The van der Waals surface area contributed by atoms with Crippen molar-refractivity contribution >= 4 is 19.8 Å². The first kappa shape index (κ1) is 27.0. The minimum atomic E-state index is -4.31. The molecule has 0 aliphatic rings. The summed E-state index contributed by atoms with van der Waals surface area (Å²) in [4.78, 5) is 32.4. The molecule has 0 heterocycles. The van der Waals surface area contributed by atoms with E-state index in [0.717, 1.165) is 19.3 Å². The molecule has 0 bridgehead atoms. The van der Waals surface area contributed by atoms with Crippen molar-refractivity contribution in [3.05, 3.63) is 0 Å². The zero-order valence-electron chi connectivity index (χ0n) is 17.1. The summed E-state index contributed by atoms with van der Waals surface area (Å²) >= 11 is 0. The molecule has 9 nitrogen and oxygen atoms in total.